The Labute approximate surface area is 58.3 Å². The van der Waals surface area contributed by atoms with Crippen molar-refractivity contribution in [3.8, 4) is 0 Å². The Morgan fingerprint density at radius 1 is 1.71 bits per heavy atom. The molecule has 0 atom stereocenters. The second-order valence-corrected chi connectivity index (χ2v) is 2.61. The molecule has 0 spiro atoms. The minimum Gasteiger partial charge on any atom is -0.290 e. The summed E-state index contributed by atoms with van der Waals surface area (Å²) >= 11 is 2.08. The van der Waals surface area contributed by atoms with Gasteiger partial charge < -0.3 is 0 Å². The third kappa shape index (κ3) is 6.65. The molecule has 44 valence electrons. The molecule has 0 bridgehead atoms. The Bertz CT molecular complexity index is 40.7. The second-order valence-electron chi connectivity index (χ2n) is 1.25. The van der Waals surface area contributed by atoms with Crippen molar-refractivity contribution in [2.24, 2.45) is 0 Å². The Morgan fingerprint density at radius 3 is 2.43 bits per heavy atom. The number of hydrogen-bond acceptors (Lipinski definition) is 2. The fourth-order valence-corrected chi connectivity index (χ4v) is 0.414. The SMILES string of the molecule is CCCON(C)I. The first kappa shape index (κ1) is 7.65. The van der Waals surface area contributed by atoms with Crippen molar-refractivity contribution >= 4 is 22.9 Å². The zero-order valence-electron chi connectivity index (χ0n) is 4.65. The third-order valence-electron chi connectivity index (χ3n) is 0.473. The average molecular weight is 215 g/mol. The summed E-state index contributed by atoms with van der Waals surface area (Å²) in [6, 6.07) is 0. The number of rotatable bonds is 3. The molecule has 7 heavy (non-hydrogen) atoms. The molecule has 0 unspecified atom stereocenters. The first-order chi connectivity index (χ1) is 3.27. The molecule has 0 rings (SSSR count). The van der Waals surface area contributed by atoms with Gasteiger partial charge in [-0.3, -0.25) is 4.84 Å². The summed E-state index contributed by atoms with van der Waals surface area (Å²) in [6.07, 6.45) is 1.08. The Morgan fingerprint density at radius 2 is 2.29 bits per heavy atom. The molecule has 0 aliphatic carbocycles. The number of nitrogens with zero attached hydrogens (tertiary/aromatic N) is 1. The van der Waals surface area contributed by atoms with E-state index in [1.165, 1.54) is 0 Å². The lowest BCUT2D eigenvalue weighted by Gasteiger charge is -2.04. The Kier molecular flexibility index (Phi) is 5.25. The van der Waals surface area contributed by atoms with Gasteiger partial charge in [-0.05, 0) is 6.42 Å². The van der Waals surface area contributed by atoms with Crippen LogP contribution in [-0.4, -0.2) is 16.9 Å². The van der Waals surface area contributed by atoms with Crippen LogP contribution in [0.15, 0.2) is 0 Å². The molecule has 0 heterocycles. The molecule has 0 aliphatic rings. The van der Waals surface area contributed by atoms with Gasteiger partial charge in [0.15, 0.2) is 0 Å². The summed E-state index contributed by atoms with van der Waals surface area (Å²) in [4.78, 5) is 5.01. The lowest BCUT2D eigenvalue weighted by Crippen LogP contribution is -2.04. The predicted molar refractivity (Wildman–Crippen MR) is 38.0 cm³/mol. The van der Waals surface area contributed by atoms with E-state index >= 15 is 0 Å². The molecule has 0 saturated heterocycles. The van der Waals surface area contributed by atoms with Gasteiger partial charge in [-0.15, -0.1) is 3.28 Å². The monoisotopic (exact) mass is 215 g/mol. The third-order valence-corrected chi connectivity index (χ3v) is 0.752. The molecule has 0 aromatic heterocycles. The van der Waals surface area contributed by atoms with Crippen LogP contribution in [0, 0.1) is 0 Å². The highest BCUT2D eigenvalue weighted by Crippen LogP contribution is 1.93. The molecule has 0 radical (unpaired) electrons. The quantitative estimate of drug-likeness (QED) is 0.403. The van der Waals surface area contributed by atoms with E-state index in [0.717, 1.165) is 13.0 Å². The van der Waals surface area contributed by atoms with Gasteiger partial charge in [0.25, 0.3) is 0 Å². The standard InChI is InChI=1S/C4H10INO/c1-3-4-7-6(2)5/h3-4H2,1-2H3. The minimum atomic E-state index is 0.819. The van der Waals surface area contributed by atoms with Crippen molar-refractivity contribution in [3.63, 3.8) is 0 Å². The summed E-state index contributed by atoms with van der Waals surface area (Å²) in [7, 11) is 1.87. The zero-order valence-corrected chi connectivity index (χ0v) is 6.81. The van der Waals surface area contributed by atoms with Gasteiger partial charge >= 0.3 is 0 Å². The molecule has 0 amide bonds. The van der Waals surface area contributed by atoms with E-state index in [1.54, 1.807) is 3.28 Å². The van der Waals surface area contributed by atoms with Crippen LogP contribution >= 0.6 is 22.9 Å². The predicted octanol–water partition coefficient (Wildman–Crippen LogP) is 1.61. The van der Waals surface area contributed by atoms with Crippen LogP contribution in [0.5, 0.6) is 0 Å². The van der Waals surface area contributed by atoms with Gasteiger partial charge in [0.1, 0.15) is 0 Å². The van der Waals surface area contributed by atoms with Crippen LogP contribution < -0.4 is 0 Å². The molecule has 0 N–H and O–H groups in total. The Hall–Kier alpha value is 0.650. The molecular weight excluding hydrogens is 205 g/mol. The molecular formula is C4H10INO. The highest BCUT2D eigenvalue weighted by Gasteiger charge is 1.84. The van der Waals surface area contributed by atoms with Crippen molar-refractivity contribution in [3.05, 3.63) is 0 Å². The normalized spacial score (nSPS) is 10.3. The van der Waals surface area contributed by atoms with E-state index in [9.17, 15) is 0 Å². The van der Waals surface area contributed by atoms with E-state index in [1.807, 2.05) is 7.05 Å². The van der Waals surface area contributed by atoms with Crippen molar-refractivity contribution in [2.45, 2.75) is 13.3 Å². The van der Waals surface area contributed by atoms with Gasteiger partial charge in [0.05, 0.1) is 6.61 Å². The number of halogens is 1. The molecule has 3 heteroatoms. The van der Waals surface area contributed by atoms with Crippen LogP contribution in [0.1, 0.15) is 13.3 Å². The van der Waals surface area contributed by atoms with Crippen molar-refractivity contribution in [2.75, 3.05) is 13.7 Å². The van der Waals surface area contributed by atoms with E-state index in [2.05, 4.69) is 29.8 Å². The summed E-state index contributed by atoms with van der Waals surface area (Å²) in [5.41, 5.74) is 0. The van der Waals surface area contributed by atoms with Gasteiger partial charge in [-0.2, -0.15) is 0 Å². The summed E-state index contributed by atoms with van der Waals surface area (Å²) in [5.74, 6) is 0. The molecule has 0 aromatic rings. The van der Waals surface area contributed by atoms with Crippen LogP contribution in [0.4, 0.5) is 0 Å². The molecule has 0 aliphatic heterocycles. The van der Waals surface area contributed by atoms with Crippen molar-refractivity contribution < 1.29 is 4.84 Å². The van der Waals surface area contributed by atoms with Crippen molar-refractivity contribution in [1.82, 2.24) is 3.28 Å². The van der Waals surface area contributed by atoms with Crippen LogP contribution in [0.3, 0.4) is 0 Å². The Balaban J connectivity index is 2.68. The molecule has 0 fully saturated rings. The number of hydrogen-bond donors (Lipinski definition) is 0. The maximum absolute atomic E-state index is 5.01. The van der Waals surface area contributed by atoms with Crippen LogP contribution in [0.2, 0.25) is 0 Å². The average Bonchev–Trinajstić information content (AvgIpc) is 1.61. The van der Waals surface area contributed by atoms with E-state index in [-0.39, 0.29) is 0 Å². The van der Waals surface area contributed by atoms with Gasteiger partial charge in [0, 0.05) is 29.9 Å². The van der Waals surface area contributed by atoms with Gasteiger partial charge in [-0.1, -0.05) is 6.92 Å². The highest BCUT2D eigenvalue weighted by atomic mass is 127. The van der Waals surface area contributed by atoms with E-state index in [4.69, 9.17) is 4.84 Å². The molecule has 2 nitrogen and oxygen atoms in total. The maximum atomic E-state index is 5.01. The molecule has 0 aromatic carbocycles. The number of hydroxylamine groups is 1. The van der Waals surface area contributed by atoms with Crippen LogP contribution in [0.25, 0.3) is 0 Å². The summed E-state index contributed by atoms with van der Waals surface area (Å²) in [5, 5.41) is 0. The smallest absolute Gasteiger partial charge is 0.0691 e. The van der Waals surface area contributed by atoms with E-state index < -0.39 is 0 Å². The topological polar surface area (TPSA) is 12.5 Å². The largest absolute Gasteiger partial charge is 0.290 e. The van der Waals surface area contributed by atoms with Crippen molar-refractivity contribution in [1.29, 1.82) is 0 Å². The summed E-state index contributed by atoms with van der Waals surface area (Å²) in [6.45, 7) is 2.90. The minimum absolute atomic E-state index is 0.819. The first-order valence-electron chi connectivity index (χ1n) is 2.29. The summed E-state index contributed by atoms with van der Waals surface area (Å²) < 4.78 is 1.68. The second kappa shape index (κ2) is 4.80. The fourth-order valence-electron chi connectivity index (χ4n) is 0.217. The van der Waals surface area contributed by atoms with Gasteiger partial charge in [-0.25, -0.2) is 0 Å². The maximum Gasteiger partial charge on any atom is 0.0691 e. The van der Waals surface area contributed by atoms with E-state index in [0.29, 0.717) is 0 Å². The zero-order chi connectivity index (χ0) is 5.70. The lowest BCUT2D eigenvalue weighted by molar-refractivity contribution is -0.0361. The molecule has 0 saturated carbocycles. The van der Waals surface area contributed by atoms with Gasteiger partial charge in [0.2, 0.25) is 0 Å². The lowest BCUT2D eigenvalue weighted by atomic mass is 10.5. The van der Waals surface area contributed by atoms with Crippen LogP contribution in [-0.2, 0) is 4.84 Å². The first-order valence-corrected chi connectivity index (χ1v) is 3.26. The fraction of sp³-hybridized carbons (Fsp3) is 1.00. The highest BCUT2D eigenvalue weighted by molar-refractivity contribution is 14.1.